The number of hydrogen-bond donors (Lipinski definition) is 2. The lowest BCUT2D eigenvalue weighted by Crippen LogP contribution is -2.38. The van der Waals surface area contributed by atoms with E-state index in [1.165, 1.54) is 12.4 Å². The maximum Gasteiger partial charge on any atom is 0.272 e. The number of nitrogens with zero attached hydrogens (tertiary/aromatic N) is 2. The lowest BCUT2D eigenvalue weighted by Gasteiger charge is -2.21. The monoisotopic (exact) mass is 344 g/mol. The predicted molar refractivity (Wildman–Crippen MR) is 89.8 cm³/mol. The van der Waals surface area contributed by atoms with E-state index >= 15 is 0 Å². The summed E-state index contributed by atoms with van der Waals surface area (Å²) < 4.78 is 0. The van der Waals surface area contributed by atoms with Crippen LogP contribution < -0.4 is 11.1 Å². The summed E-state index contributed by atoms with van der Waals surface area (Å²) in [5.41, 5.74) is 6.24. The van der Waals surface area contributed by atoms with Gasteiger partial charge in [0.25, 0.3) is 11.8 Å². The second-order valence-corrected chi connectivity index (χ2v) is 6.22. The SMILES string of the molecule is NC(=O)c1nccnc1C(=O)N[C@H]1CCC[C@@H]1c1ccc(Cl)cc1. The molecule has 6 nitrogen and oxygen atoms in total. The van der Waals surface area contributed by atoms with E-state index in [-0.39, 0.29) is 23.3 Å². The van der Waals surface area contributed by atoms with E-state index in [0.717, 1.165) is 24.8 Å². The zero-order valence-electron chi connectivity index (χ0n) is 12.9. The van der Waals surface area contributed by atoms with E-state index in [9.17, 15) is 9.59 Å². The van der Waals surface area contributed by atoms with E-state index in [2.05, 4.69) is 15.3 Å². The molecular weight excluding hydrogens is 328 g/mol. The molecule has 1 saturated carbocycles. The van der Waals surface area contributed by atoms with E-state index in [1.807, 2.05) is 24.3 Å². The van der Waals surface area contributed by atoms with Crippen LogP contribution in [-0.4, -0.2) is 27.8 Å². The number of nitrogens with two attached hydrogens (primary N) is 1. The van der Waals surface area contributed by atoms with Gasteiger partial charge in [-0.1, -0.05) is 30.2 Å². The summed E-state index contributed by atoms with van der Waals surface area (Å²) in [6.45, 7) is 0. The molecule has 1 fully saturated rings. The summed E-state index contributed by atoms with van der Waals surface area (Å²) in [5, 5.41) is 3.65. The lowest BCUT2D eigenvalue weighted by molar-refractivity contribution is 0.0912. The number of aromatic nitrogens is 2. The van der Waals surface area contributed by atoms with Crippen LogP contribution in [0.25, 0.3) is 0 Å². The van der Waals surface area contributed by atoms with Crippen LogP contribution in [0.15, 0.2) is 36.7 Å². The maximum absolute atomic E-state index is 12.5. The average molecular weight is 345 g/mol. The van der Waals surface area contributed by atoms with Crippen molar-refractivity contribution in [1.82, 2.24) is 15.3 Å². The van der Waals surface area contributed by atoms with Gasteiger partial charge in [0.1, 0.15) is 0 Å². The number of carbonyl (C=O) groups excluding carboxylic acids is 2. The topological polar surface area (TPSA) is 98.0 Å². The Labute approximate surface area is 144 Å². The van der Waals surface area contributed by atoms with Crippen molar-refractivity contribution in [2.45, 2.75) is 31.2 Å². The van der Waals surface area contributed by atoms with Crippen molar-refractivity contribution in [3.05, 3.63) is 58.6 Å². The van der Waals surface area contributed by atoms with Crippen LogP contribution in [0.1, 0.15) is 51.7 Å². The fourth-order valence-electron chi connectivity index (χ4n) is 3.16. The standard InChI is InChI=1S/C17H17ClN4O2/c18-11-6-4-10(5-7-11)12-2-1-3-13(12)22-17(24)15-14(16(19)23)20-8-9-21-15/h4-9,12-13H,1-3H2,(H2,19,23)(H,22,24)/t12-,13+/m1/s1. The number of halogens is 1. The van der Waals surface area contributed by atoms with Gasteiger partial charge in [-0.25, -0.2) is 9.97 Å². The second kappa shape index (κ2) is 6.97. The van der Waals surface area contributed by atoms with Gasteiger partial charge < -0.3 is 11.1 Å². The Morgan fingerprint density at radius 3 is 2.42 bits per heavy atom. The Morgan fingerprint density at radius 2 is 1.75 bits per heavy atom. The van der Waals surface area contributed by atoms with Crippen molar-refractivity contribution in [3.63, 3.8) is 0 Å². The van der Waals surface area contributed by atoms with Gasteiger partial charge in [-0.15, -0.1) is 0 Å². The third-order valence-electron chi connectivity index (χ3n) is 4.28. The van der Waals surface area contributed by atoms with Crippen molar-refractivity contribution >= 4 is 23.4 Å². The van der Waals surface area contributed by atoms with Crippen LogP contribution in [0.5, 0.6) is 0 Å². The lowest BCUT2D eigenvalue weighted by atomic mass is 9.94. The van der Waals surface area contributed by atoms with Crippen molar-refractivity contribution in [1.29, 1.82) is 0 Å². The van der Waals surface area contributed by atoms with Gasteiger partial charge in [-0.05, 0) is 30.5 Å². The number of hydrogen-bond acceptors (Lipinski definition) is 4. The van der Waals surface area contributed by atoms with Crippen LogP contribution in [0.4, 0.5) is 0 Å². The molecule has 0 unspecified atom stereocenters. The fraction of sp³-hybridized carbons (Fsp3) is 0.294. The first-order valence-electron chi connectivity index (χ1n) is 7.73. The first-order valence-corrected chi connectivity index (χ1v) is 8.11. The highest BCUT2D eigenvalue weighted by molar-refractivity contribution is 6.30. The van der Waals surface area contributed by atoms with Crippen molar-refractivity contribution in [3.8, 4) is 0 Å². The molecule has 1 aliphatic rings. The van der Waals surface area contributed by atoms with Crippen LogP contribution in [0.3, 0.4) is 0 Å². The summed E-state index contributed by atoms with van der Waals surface area (Å²) in [4.78, 5) is 31.7. The first-order chi connectivity index (χ1) is 11.6. The van der Waals surface area contributed by atoms with E-state index < -0.39 is 11.8 Å². The van der Waals surface area contributed by atoms with Crippen LogP contribution in [0, 0.1) is 0 Å². The van der Waals surface area contributed by atoms with E-state index in [1.54, 1.807) is 0 Å². The van der Waals surface area contributed by atoms with Crippen LogP contribution in [0.2, 0.25) is 5.02 Å². The molecule has 124 valence electrons. The number of carbonyl (C=O) groups is 2. The molecular formula is C17H17ClN4O2. The molecule has 0 aliphatic heterocycles. The highest BCUT2D eigenvalue weighted by Crippen LogP contribution is 2.35. The van der Waals surface area contributed by atoms with Crippen LogP contribution in [-0.2, 0) is 0 Å². The van der Waals surface area contributed by atoms with Gasteiger partial charge in [0.15, 0.2) is 11.4 Å². The third-order valence-corrected chi connectivity index (χ3v) is 4.53. The average Bonchev–Trinajstić information content (AvgIpc) is 3.03. The molecule has 2 atom stereocenters. The van der Waals surface area contributed by atoms with Gasteiger partial charge in [-0.3, -0.25) is 9.59 Å². The van der Waals surface area contributed by atoms with Gasteiger partial charge in [0.2, 0.25) is 0 Å². The Morgan fingerprint density at radius 1 is 1.08 bits per heavy atom. The molecule has 3 N–H and O–H groups in total. The fourth-order valence-corrected chi connectivity index (χ4v) is 3.29. The highest BCUT2D eigenvalue weighted by atomic mass is 35.5. The summed E-state index contributed by atoms with van der Waals surface area (Å²) in [6.07, 6.45) is 5.57. The molecule has 0 bridgehead atoms. The number of amides is 2. The summed E-state index contributed by atoms with van der Waals surface area (Å²) >= 11 is 5.94. The molecule has 3 rings (SSSR count). The Balaban J connectivity index is 1.79. The quantitative estimate of drug-likeness (QED) is 0.889. The van der Waals surface area contributed by atoms with Crippen molar-refractivity contribution in [2.75, 3.05) is 0 Å². The Bertz CT molecular complexity index is 763. The van der Waals surface area contributed by atoms with Gasteiger partial charge in [-0.2, -0.15) is 0 Å². The van der Waals surface area contributed by atoms with Gasteiger partial charge in [0, 0.05) is 29.4 Å². The Hall–Kier alpha value is -2.47. The summed E-state index contributed by atoms with van der Waals surface area (Å²) in [6, 6.07) is 7.63. The molecule has 1 aromatic carbocycles. The molecule has 1 heterocycles. The zero-order chi connectivity index (χ0) is 17.1. The molecule has 7 heteroatoms. The van der Waals surface area contributed by atoms with Gasteiger partial charge >= 0.3 is 0 Å². The third kappa shape index (κ3) is 3.38. The molecule has 0 radical (unpaired) electrons. The zero-order valence-corrected chi connectivity index (χ0v) is 13.7. The highest BCUT2D eigenvalue weighted by Gasteiger charge is 2.31. The maximum atomic E-state index is 12.5. The smallest absolute Gasteiger partial charge is 0.272 e. The first kappa shape index (κ1) is 16.4. The van der Waals surface area contributed by atoms with Crippen molar-refractivity contribution in [2.24, 2.45) is 5.73 Å². The molecule has 1 aromatic heterocycles. The molecule has 1 aliphatic carbocycles. The molecule has 0 saturated heterocycles. The molecule has 24 heavy (non-hydrogen) atoms. The number of nitrogens with one attached hydrogen (secondary N) is 1. The number of rotatable bonds is 4. The Kier molecular flexibility index (Phi) is 4.76. The summed E-state index contributed by atoms with van der Waals surface area (Å²) in [5.74, 6) is -0.989. The minimum absolute atomic E-state index is 0.0265. The second-order valence-electron chi connectivity index (χ2n) is 5.79. The minimum Gasteiger partial charge on any atom is -0.364 e. The predicted octanol–water partition coefficient (Wildman–Crippen LogP) is 2.29. The summed E-state index contributed by atoms with van der Waals surface area (Å²) in [7, 11) is 0. The molecule has 2 aromatic rings. The van der Waals surface area contributed by atoms with Crippen molar-refractivity contribution < 1.29 is 9.59 Å². The van der Waals surface area contributed by atoms with E-state index in [0.29, 0.717) is 5.02 Å². The number of primary amides is 1. The molecule has 2 amide bonds. The normalized spacial score (nSPS) is 19.9. The molecule has 0 spiro atoms. The minimum atomic E-state index is -0.770. The number of benzene rings is 1. The van der Waals surface area contributed by atoms with E-state index in [4.69, 9.17) is 17.3 Å². The van der Waals surface area contributed by atoms with Gasteiger partial charge in [0.05, 0.1) is 0 Å². The van der Waals surface area contributed by atoms with Crippen LogP contribution >= 0.6 is 11.6 Å². The largest absolute Gasteiger partial charge is 0.364 e.